The second-order valence-electron chi connectivity index (χ2n) is 7.76. The lowest BCUT2D eigenvalue weighted by molar-refractivity contribution is 0.0952. The van der Waals surface area contributed by atoms with Crippen LogP contribution in [0, 0.1) is 5.82 Å². The van der Waals surface area contributed by atoms with E-state index < -0.39 is 21.7 Å². The Morgan fingerprint density at radius 2 is 1.62 bits per heavy atom. The highest BCUT2D eigenvalue weighted by Gasteiger charge is 2.16. The van der Waals surface area contributed by atoms with Gasteiger partial charge in [0.15, 0.2) is 0 Å². The average Bonchev–Trinajstić information content (AvgIpc) is 2.84. The van der Waals surface area contributed by atoms with Crippen molar-refractivity contribution in [3.8, 4) is 0 Å². The maximum absolute atomic E-state index is 13.3. The van der Waals surface area contributed by atoms with Crippen molar-refractivity contribution in [2.45, 2.75) is 18.0 Å². The molecule has 2 N–H and O–H groups in total. The van der Waals surface area contributed by atoms with Gasteiger partial charge in [-0.15, -0.1) is 0 Å². The molecule has 0 aliphatic rings. The topological polar surface area (TPSA) is 97.3 Å². The molecular weight excluding hydrogens is 457 g/mol. The van der Waals surface area contributed by atoms with E-state index in [-0.39, 0.29) is 29.1 Å². The summed E-state index contributed by atoms with van der Waals surface area (Å²) in [5.41, 5.74) is 1.64. The molecule has 0 spiro atoms. The van der Waals surface area contributed by atoms with E-state index in [0.717, 1.165) is 0 Å². The molecule has 0 aliphatic carbocycles. The van der Waals surface area contributed by atoms with E-state index in [2.05, 4.69) is 10.0 Å². The van der Waals surface area contributed by atoms with Crippen molar-refractivity contribution in [1.82, 2.24) is 14.6 Å². The van der Waals surface area contributed by atoms with Crippen LogP contribution in [0.25, 0.3) is 10.9 Å². The lowest BCUT2D eigenvalue weighted by atomic mass is 10.1. The van der Waals surface area contributed by atoms with Crippen molar-refractivity contribution >= 4 is 26.8 Å². The second-order valence-corrected chi connectivity index (χ2v) is 9.52. The first-order valence-corrected chi connectivity index (χ1v) is 11.9. The van der Waals surface area contributed by atoms with Crippen LogP contribution in [0.3, 0.4) is 0 Å². The van der Waals surface area contributed by atoms with Crippen LogP contribution >= 0.6 is 0 Å². The lowest BCUT2D eigenvalue weighted by Crippen LogP contribution is -2.27. The molecule has 1 aromatic heterocycles. The van der Waals surface area contributed by atoms with Gasteiger partial charge in [-0.05, 0) is 41.5 Å². The van der Waals surface area contributed by atoms with Crippen molar-refractivity contribution in [2.24, 2.45) is 7.05 Å². The summed E-state index contributed by atoms with van der Waals surface area (Å²) in [6.07, 6.45) is 0. The number of aryl methyl sites for hydroxylation is 1. The molecule has 0 atom stereocenters. The van der Waals surface area contributed by atoms with Gasteiger partial charge in [-0.2, -0.15) is 0 Å². The first-order chi connectivity index (χ1) is 16.2. The average molecular weight is 480 g/mol. The highest BCUT2D eigenvalue weighted by molar-refractivity contribution is 7.89. The number of carbonyl (C=O) groups excluding carboxylic acids is 1. The van der Waals surface area contributed by atoms with Gasteiger partial charge in [0.25, 0.3) is 11.5 Å². The Balaban J connectivity index is 1.49. The molecular formula is C25H22FN3O4S. The molecule has 3 aromatic carbocycles. The van der Waals surface area contributed by atoms with E-state index >= 15 is 0 Å². The van der Waals surface area contributed by atoms with Gasteiger partial charge in [0.05, 0.1) is 16.0 Å². The van der Waals surface area contributed by atoms with Gasteiger partial charge in [0.2, 0.25) is 10.0 Å². The Hall–Kier alpha value is -3.82. The van der Waals surface area contributed by atoms with Gasteiger partial charge in [-0.1, -0.05) is 42.5 Å². The number of carbonyl (C=O) groups is 1. The van der Waals surface area contributed by atoms with Crippen LogP contribution < -0.4 is 15.6 Å². The molecule has 0 bridgehead atoms. The zero-order chi connectivity index (χ0) is 24.3. The number of aromatic nitrogens is 1. The normalized spacial score (nSPS) is 11.5. The Labute approximate surface area is 195 Å². The first-order valence-electron chi connectivity index (χ1n) is 10.4. The number of hydrogen-bond acceptors (Lipinski definition) is 4. The van der Waals surface area contributed by atoms with E-state index in [4.69, 9.17) is 0 Å². The molecule has 0 unspecified atom stereocenters. The molecule has 0 aliphatic heterocycles. The summed E-state index contributed by atoms with van der Waals surface area (Å²) >= 11 is 0. The van der Waals surface area contributed by atoms with Crippen LogP contribution in [0.1, 0.15) is 21.5 Å². The summed E-state index contributed by atoms with van der Waals surface area (Å²) in [6.45, 7) is 0.00667. The fraction of sp³-hybridized carbons (Fsp3) is 0.120. The quantitative estimate of drug-likeness (QED) is 0.426. The Kier molecular flexibility index (Phi) is 6.58. The van der Waals surface area contributed by atoms with Gasteiger partial charge in [0, 0.05) is 31.6 Å². The Morgan fingerprint density at radius 3 is 2.38 bits per heavy atom. The molecule has 0 radical (unpaired) electrons. The van der Waals surface area contributed by atoms with Crippen molar-refractivity contribution in [3.63, 3.8) is 0 Å². The maximum Gasteiger partial charge on any atom is 0.252 e. The number of nitrogens with zero attached hydrogens (tertiary/aromatic N) is 1. The molecule has 34 heavy (non-hydrogen) atoms. The van der Waals surface area contributed by atoms with E-state index in [1.54, 1.807) is 49.5 Å². The lowest BCUT2D eigenvalue weighted by Gasteiger charge is -2.12. The zero-order valence-corrected chi connectivity index (χ0v) is 19.1. The monoisotopic (exact) mass is 479 g/mol. The number of benzene rings is 3. The summed E-state index contributed by atoms with van der Waals surface area (Å²) in [5.74, 6) is -0.884. The van der Waals surface area contributed by atoms with Gasteiger partial charge in [0.1, 0.15) is 5.82 Å². The zero-order valence-electron chi connectivity index (χ0n) is 18.3. The molecule has 7 nitrogen and oxygen atoms in total. The summed E-state index contributed by atoms with van der Waals surface area (Å²) < 4.78 is 42.6. The van der Waals surface area contributed by atoms with Crippen molar-refractivity contribution in [2.75, 3.05) is 0 Å². The molecule has 174 valence electrons. The number of pyridine rings is 1. The van der Waals surface area contributed by atoms with Crippen LogP contribution in [0.15, 0.2) is 88.6 Å². The highest BCUT2D eigenvalue weighted by atomic mass is 32.2. The highest BCUT2D eigenvalue weighted by Crippen LogP contribution is 2.17. The van der Waals surface area contributed by atoms with Crippen LogP contribution in [-0.4, -0.2) is 18.9 Å². The van der Waals surface area contributed by atoms with Gasteiger partial charge < -0.3 is 9.88 Å². The van der Waals surface area contributed by atoms with Gasteiger partial charge >= 0.3 is 0 Å². The van der Waals surface area contributed by atoms with Crippen LogP contribution in [0.5, 0.6) is 0 Å². The largest absolute Gasteiger partial charge is 0.348 e. The fourth-order valence-corrected chi connectivity index (χ4v) is 4.69. The maximum atomic E-state index is 13.3. The predicted octanol–water partition coefficient (Wildman–Crippen LogP) is 3.09. The van der Waals surface area contributed by atoms with E-state index in [9.17, 15) is 22.4 Å². The molecule has 1 amide bonds. The van der Waals surface area contributed by atoms with Crippen LogP contribution in [0.4, 0.5) is 4.39 Å². The SMILES string of the molecule is Cn1c(=O)cc(C(=O)NCc2cccc(S(=O)(=O)NCc3cccc(F)c3)c2)c2ccccc21. The third-order valence-electron chi connectivity index (χ3n) is 5.42. The first kappa shape index (κ1) is 23.3. The summed E-state index contributed by atoms with van der Waals surface area (Å²) in [5, 5.41) is 3.39. The number of halogens is 1. The minimum absolute atomic E-state index is 0.0229. The minimum atomic E-state index is -3.85. The molecule has 4 rings (SSSR count). The minimum Gasteiger partial charge on any atom is -0.348 e. The van der Waals surface area contributed by atoms with Crippen molar-refractivity contribution < 1.29 is 17.6 Å². The third-order valence-corrected chi connectivity index (χ3v) is 6.81. The number of para-hydroxylation sites is 1. The smallest absolute Gasteiger partial charge is 0.252 e. The van der Waals surface area contributed by atoms with Gasteiger partial charge in [-0.25, -0.2) is 17.5 Å². The summed E-state index contributed by atoms with van der Waals surface area (Å²) in [7, 11) is -2.21. The molecule has 1 heterocycles. The molecule has 0 saturated heterocycles. The van der Waals surface area contributed by atoms with E-state index in [0.29, 0.717) is 22.0 Å². The Morgan fingerprint density at radius 1 is 0.912 bits per heavy atom. The Bertz CT molecular complexity index is 1550. The fourth-order valence-electron chi connectivity index (χ4n) is 3.61. The van der Waals surface area contributed by atoms with Crippen LogP contribution in [0.2, 0.25) is 0 Å². The van der Waals surface area contributed by atoms with Gasteiger partial charge in [-0.3, -0.25) is 9.59 Å². The number of hydrogen-bond donors (Lipinski definition) is 2. The number of rotatable bonds is 7. The number of sulfonamides is 1. The van der Waals surface area contributed by atoms with Crippen LogP contribution in [-0.2, 0) is 30.2 Å². The molecule has 0 saturated carbocycles. The molecule has 4 aromatic rings. The predicted molar refractivity (Wildman–Crippen MR) is 127 cm³/mol. The number of amides is 1. The number of fused-ring (bicyclic) bond motifs is 1. The van der Waals surface area contributed by atoms with E-state index in [1.165, 1.54) is 41.0 Å². The summed E-state index contributed by atoms with van der Waals surface area (Å²) in [6, 6.07) is 20.2. The molecule has 9 heteroatoms. The third kappa shape index (κ3) is 5.05. The number of nitrogens with one attached hydrogen (secondary N) is 2. The second kappa shape index (κ2) is 9.58. The van der Waals surface area contributed by atoms with Crippen molar-refractivity contribution in [3.05, 3.63) is 112 Å². The summed E-state index contributed by atoms with van der Waals surface area (Å²) in [4.78, 5) is 25.1. The standard InChI is InChI=1S/C25H22FN3O4S/c1-29-23-11-3-2-10-21(23)22(14-24(29)30)25(31)27-15-18-7-5-9-20(13-18)34(32,33)28-16-17-6-4-8-19(26)12-17/h2-14,28H,15-16H2,1H3,(H,27,31). The van der Waals surface area contributed by atoms with Crippen molar-refractivity contribution in [1.29, 1.82) is 0 Å². The molecule has 0 fully saturated rings. The van der Waals surface area contributed by atoms with E-state index in [1.807, 2.05) is 0 Å².